The normalized spacial score (nSPS) is 9.64. The molecule has 1 rings (SSSR count). The van der Waals surface area contributed by atoms with E-state index in [1.165, 1.54) is 5.56 Å². The van der Waals surface area contributed by atoms with Crippen LogP contribution in [0.4, 0.5) is 0 Å². The van der Waals surface area contributed by atoms with E-state index >= 15 is 0 Å². The van der Waals surface area contributed by atoms with Gasteiger partial charge in [0.05, 0.1) is 0 Å². The lowest BCUT2D eigenvalue weighted by molar-refractivity contribution is 0.109. The van der Waals surface area contributed by atoms with Crippen LogP contribution < -0.4 is 0 Å². The molecule has 0 spiro atoms. The van der Waals surface area contributed by atoms with Crippen molar-refractivity contribution in [2.75, 3.05) is 0 Å². The quantitative estimate of drug-likeness (QED) is 0.667. The molecule has 11 heavy (non-hydrogen) atoms. The van der Waals surface area contributed by atoms with Gasteiger partial charge in [0.1, 0.15) is 0 Å². The molecule has 0 atom stereocenters. The second kappa shape index (κ2) is 3.58. The highest BCUT2D eigenvalue weighted by Gasteiger charge is 1.98. The SMILES string of the molecule is CCc1cccc(C(=O)S)c1. The minimum Gasteiger partial charge on any atom is -0.282 e. The lowest BCUT2D eigenvalue weighted by atomic mass is 10.1. The maximum atomic E-state index is 10.8. The Labute approximate surface area is 71.8 Å². The zero-order valence-corrected chi connectivity index (χ0v) is 7.27. The van der Waals surface area contributed by atoms with E-state index in [0.29, 0.717) is 5.56 Å². The molecule has 0 saturated carbocycles. The summed E-state index contributed by atoms with van der Waals surface area (Å²) in [6.07, 6.45) is 0.953. The third kappa shape index (κ3) is 2.09. The van der Waals surface area contributed by atoms with Crippen LogP contribution in [0.15, 0.2) is 24.3 Å². The predicted octanol–water partition coefficient (Wildman–Crippen LogP) is 2.32. The average Bonchev–Trinajstić information content (AvgIpc) is 2.05. The highest BCUT2D eigenvalue weighted by molar-refractivity contribution is 7.97. The van der Waals surface area contributed by atoms with Gasteiger partial charge in [-0.1, -0.05) is 25.1 Å². The van der Waals surface area contributed by atoms with E-state index in [2.05, 4.69) is 19.6 Å². The Bertz CT molecular complexity index is 268. The van der Waals surface area contributed by atoms with Gasteiger partial charge in [0, 0.05) is 5.56 Å². The molecule has 0 aromatic heterocycles. The number of benzene rings is 1. The van der Waals surface area contributed by atoms with Gasteiger partial charge in [-0.25, -0.2) is 0 Å². The number of aryl methyl sites for hydroxylation is 1. The Balaban J connectivity index is 3.01. The molecule has 0 radical (unpaired) electrons. The number of hydrogen-bond donors (Lipinski definition) is 1. The molecule has 0 fully saturated rings. The molecule has 0 heterocycles. The predicted molar refractivity (Wildman–Crippen MR) is 49.1 cm³/mol. The summed E-state index contributed by atoms with van der Waals surface area (Å²) in [5.74, 6) is 0. The second-order valence-electron chi connectivity index (χ2n) is 2.36. The van der Waals surface area contributed by atoms with Crippen LogP contribution in [-0.2, 0) is 6.42 Å². The van der Waals surface area contributed by atoms with Crippen LogP contribution in [0.1, 0.15) is 22.8 Å². The standard InChI is InChI=1S/C9H10OS/c1-2-7-4-3-5-8(6-7)9(10)11/h3-6H,2H2,1H3,(H,10,11). The first-order valence-electron chi connectivity index (χ1n) is 3.56. The number of thiol groups is 1. The minimum absolute atomic E-state index is 0.166. The summed E-state index contributed by atoms with van der Waals surface area (Å²) < 4.78 is 0. The highest BCUT2D eigenvalue weighted by atomic mass is 32.1. The van der Waals surface area contributed by atoms with Crippen LogP contribution in [0.5, 0.6) is 0 Å². The van der Waals surface area contributed by atoms with E-state index < -0.39 is 0 Å². The molecule has 1 aromatic rings. The molecular formula is C9H10OS. The Kier molecular flexibility index (Phi) is 2.71. The van der Waals surface area contributed by atoms with Gasteiger partial charge < -0.3 is 0 Å². The van der Waals surface area contributed by atoms with Crippen LogP contribution >= 0.6 is 12.6 Å². The molecule has 2 heteroatoms. The van der Waals surface area contributed by atoms with Crippen molar-refractivity contribution in [1.29, 1.82) is 0 Å². The fourth-order valence-corrected chi connectivity index (χ4v) is 1.06. The van der Waals surface area contributed by atoms with Crippen LogP contribution in [0.25, 0.3) is 0 Å². The summed E-state index contributed by atoms with van der Waals surface area (Å²) >= 11 is 3.73. The van der Waals surface area contributed by atoms with Gasteiger partial charge in [-0.3, -0.25) is 4.79 Å². The lowest BCUT2D eigenvalue weighted by Crippen LogP contribution is -1.89. The van der Waals surface area contributed by atoms with Crippen molar-refractivity contribution in [2.24, 2.45) is 0 Å². The molecular weight excluding hydrogens is 156 g/mol. The Morgan fingerprint density at radius 1 is 1.55 bits per heavy atom. The first-order valence-corrected chi connectivity index (χ1v) is 4.01. The van der Waals surface area contributed by atoms with Crippen LogP contribution in [0.2, 0.25) is 0 Å². The number of hydrogen-bond acceptors (Lipinski definition) is 1. The Morgan fingerprint density at radius 2 is 2.27 bits per heavy atom. The van der Waals surface area contributed by atoms with E-state index in [-0.39, 0.29) is 5.12 Å². The van der Waals surface area contributed by atoms with Crippen molar-refractivity contribution in [3.8, 4) is 0 Å². The maximum Gasteiger partial charge on any atom is 0.216 e. The largest absolute Gasteiger partial charge is 0.282 e. The van der Waals surface area contributed by atoms with Crippen LogP contribution in [0, 0.1) is 0 Å². The number of rotatable bonds is 2. The highest BCUT2D eigenvalue weighted by Crippen LogP contribution is 2.07. The van der Waals surface area contributed by atoms with Gasteiger partial charge in [-0.2, -0.15) is 0 Å². The van der Waals surface area contributed by atoms with Crippen molar-refractivity contribution in [3.63, 3.8) is 0 Å². The molecule has 0 aliphatic rings. The first-order chi connectivity index (χ1) is 5.24. The monoisotopic (exact) mass is 166 g/mol. The van der Waals surface area contributed by atoms with Crippen molar-refractivity contribution in [2.45, 2.75) is 13.3 Å². The van der Waals surface area contributed by atoms with Gasteiger partial charge >= 0.3 is 0 Å². The van der Waals surface area contributed by atoms with Gasteiger partial charge in [0.15, 0.2) is 0 Å². The third-order valence-electron chi connectivity index (χ3n) is 1.58. The van der Waals surface area contributed by atoms with Gasteiger partial charge in [-0.05, 0) is 18.1 Å². The lowest BCUT2D eigenvalue weighted by Gasteiger charge is -1.97. The smallest absolute Gasteiger partial charge is 0.216 e. The van der Waals surface area contributed by atoms with E-state index in [9.17, 15) is 4.79 Å². The zero-order chi connectivity index (χ0) is 8.27. The molecule has 0 aliphatic heterocycles. The topological polar surface area (TPSA) is 17.1 Å². The van der Waals surface area contributed by atoms with E-state index in [1.54, 1.807) is 6.07 Å². The molecule has 58 valence electrons. The first kappa shape index (κ1) is 8.34. The molecule has 1 aromatic carbocycles. The minimum atomic E-state index is -0.166. The van der Waals surface area contributed by atoms with Gasteiger partial charge in [-0.15, -0.1) is 12.6 Å². The molecule has 0 aliphatic carbocycles. The molecule has 0 saturated heterocycles. The second-order valence-corrected chi connectivity index (χ2v) is 2.77. The Hall–Kier alpha value is -0.760. The van der Waals surface area contributed by atoms with Crippen LogP contribution in [0.3, 0.4) is 0 Å². The van der Waals surface area contributed by atoms with Gasteiger partial charge in [0.25, 0.3) is 0 Å². The van der Waals surface area contributed by atoms with E-state index in [1.807, 2.05) is 18.2 Å². The maximum absolute atomic E-state index is 10.8. The average molecular weight is 166 g/mol. The van der Waals surface area contributed by atoms with Crippen LogP contribution in [-0.4, -0.2) is 5.12 Å². The van der Waals surface area contributed by atoms with Crippen molar-refractivity contribution in [3.05, 3.63) is 35.4 Å². The summed E-state index contributed by atoms with van der Waals surface area (Å²) in [7, 11) is 0. The molecule has 0 N–H and O–H groups in total. The molecule has 0 amide bonds. The molecule has 0 bridgehead atoms. The summed E-state index contributed by atoms with van der Waals surface area (Å²) in [4.78, 5) is 10.8. The summed E-state index contributed by atoms with van der Waals surface area (Å²) in [5, 5.41) is -0.166. The fraction of sp³-hybridized carbons (Fsp3) is 0.222. The summed E-state index contributed by atoms with van der Waals surface area (Å²) in [5.41, 5.74) is 1.84. The molecule has 0 unspecified atom stereocenters. The Morgan fingerprint density at radius 3 is 2.82 bits per heavy atom. The third-order valence-corrected chi connectivity index (χ3v) is 1.84. The zero-order valence-electron chi connectivity index (χ0n) is 6.37. The van der Waals surface area contributed by atoms with E-state index in [4.69, 9.17) is 0 Å². The number of carbonyl (C=O) groups excluding carboxylic acids is 1. The number of carbonyl (C=O) groups is 1. The van der Waals surface area contributed by atoms with E-state index in [0.717, 1.165) is 6.42 Å². The summed E-state index contributed by atoms with van der Waals surface area (Å²) in [6.45, 7) is 2.06. The van der Waals surface area contributed by atoms with Crippen molar-refractivity contribution < 1.29 is 4.79 Å². The molecule has 1 nitrogen and oxygen atoms in total. The van der Waals surface area contributed by atoms with Gasteiger partial charge in [0.2, 0.25) is 5.12 Å². The fourth-order valence-electron chi connectivity index (χ4n) is 0.924. The summed E-state index contributed by atoms with van der Waals surface area (Å²) in [6, 6.07) is 7.52. The van der Waals surface area contributed by atoms with Crippen molar-refractivity contribution >= 4 is 17.7 Å². The van der Waals surface area contributed by atoms with Crippen molar-refractivity contribution in [1.82, 2.24) is 0 Å².